The quantitative estimate of drug-likeness (QED) is 0.794. The second-order valence-electron chi connectivity index (χ2n) is 4.56. The van der Waals surface area contributed by atoms with E-state index in [1.165, 1.54) is 6.92 Å². The Balaban J connectivity index is 2.35. The molecule has 0 aliphatic heterocycles. The van der Waals surface area contributed by atoms with Crippen LogP contribution in [0.25, 0.3) is 0 Å². The molecular formula is C14H19FO3. The molecule has 1 aromatic carbocycles. The van der Waals surface area contributed by atoms with Gasteiger partial charge in [0.15, 0.2) is 0 Å². The smallest absolute Gasteiger partial charge is 0.338 e. The number of aliphatic hydroxyl groups excluding tert-OH is 1. The van der Waals surface area contributed by atoms with Crippen molar-refractivity contribution in [1.29, 1.82) is 0 Å². The van der Waals surface area contributed by atoms with Crippen molar-refractivity contribution in [2.24, 2.45) is 5.92 Å². The minimum atomic E-state index is -1.28. The summed E-state index contributed by atoms with van der Waals surface area (Å²) in [5, 5.41) is 9.04. The summed E-state index contributed by atoms with van der Waals surface area (Å²) in [5.41, 5.74) is 0.483. The number of halogens is 1. The molecule has 0 fully saturated rings. The molecule has 0 heterocycles. The van der Waals surface area contributed by atoms with Gasteiger partial charge in [0.25, 0.3) is 0 Å². The molecule has 1 rings (SSSR count). The number of esters is 1. The Kier molecular flexibility index (Phi) is 5.78. The van der Waals surface area contributed by atoms with E-state index in [9.17, 15) is 9.18 Å². The topological polar surface area (TPSA) is 46.5 Å². The molecule has 18 heavy (non-hydrogen) atoms. The highest BCUT2D eigenvalue weighted by Crippen LogP contribution is 2.13. The highest BCUT2D eigenvalue weighted by Gasteiger charge is 2.18. The number of ether oxygens (including phenoxy) is 1. The third-order valence-corrected chi connectivity index (χ3v) is 2.66. The van der Waals surface area contributed by atoms with Crippen LogP contribution in [-0.4, -0.2) is 30.0 Å². The van der Waals surface area contributed by atoms with Crippen molar-refractivity contribution >= 4 is 5.97 Å². The van der Waals surface area contributed by atoms with Crippen molar-refractivity contribution in [3.63, 3.8) is 0 Å². The summed E-state index contributed by atoms with van der Waals surface area (Å²) in [7, 11) is 0. The van der Waals surface area contributed by atoms with Gasteiger partial charge in [-0.2, -0.15) is 0 Å². The van der Waals surface area contributed by atoms with Crippen LogP contribution in [-0.2, 0) is 4.74 Å². The molecule has 3 nitrogen and oxygen atoms in total. The van der Waals surface area contributed by atoms with E-state index in [2.05, 4.69) is 0 Å². The lowest BCUT2D eigenvalue weighted by atomic mass is 10.0. The lowest BCUT2D eigenvalue weighted by Gasteiger charge is -2.16. The van der Waals surface area contributed by atoms with Gasteiger partial charge < -0.3 is 9.84 Å². The maximum Gasteiger partial charge on any atom is 0.338 e. The molecule has 0 saturated carbocycles. The van der Waals surface area contributed by atoms with Crippen LogP contribution >= 0.6 is 0 Å². The van der Waals surface area contributed by atoms with E-state index >= 15 is 0 Å². The van der Waals surface area contributed by atoms with Crippen LogP contribution in [0.4, 0.5) is 4.39 Å². The van der Waals surface area contributed by atoms with Crippen LogP contribution in [0.2, 0.25) is 0 Å². The van der Waals surface area contributed by atoms with Crippen molar-refractivity contribution < 1.29 is 19.0 Å². The van der Waals surface area contributed by atoms with Crippen molar-refractivity contribution in [1.82, 2.24) is 0 Å². The van der Waals surface area contributed by atoms with Crippen molar-refractivity contribution in [2.75, 3.05) is 6.61 Å². The number of rotatable bonds is 6. The minimum absolute atomic E-state index is 0.123. The van der Waals surface area contributed by atoms with Crippen LogP contribution in [0.1, 0.15) is 30.6 Å². The molecule has 0 saturated heterocycles. The zero-order valence-corrected chi connectivity index (χ0v) is 10.7. The van der Waals surface area contributed by atoms with E-state index in [1.807, 2.05) is 6.07 Å². The van der Waals surface area contributed by atoms with Crippen molar-refractivity contribution in [3.05, 3.63) is 35.9 Å². The molecule has 0 unspecified atom stereocenters. The first-order valence-electron chi connectivity index (χ1n) is 6.05. The Morgan fingerprint density at radius 1 is 1.33 bits per heavy atom. The van der Waals surface area contributed by atoms with Gasteiger partial charge in [-0.05, 0) is 31.4 Å². The molecule has 1 N–H and O–H groups in total. The second-order valence-corrected chi connectivity index (χ2v) is 4.56. The molecule has 100 valence electrons. The highest BCUT2D eigenvalue weighted by atomic mass is 19.1. The van der Waals surface area contributed by atoms with Gasteiger partial charge in [-0.25, -0.2) is 9.18 Å². The molecule has 0 aliphatic rings. The van der Waals surface area contributed by atoms with E-state index in [0.717, 1.165) is 0 Å². The van der Waals surface area contributed by atoms with E-state index in [4.69, 9.17) is 9.84 Å². The normalized spacial score (nSPS) is 15.8. The summed E-state index contributed by atoms with van der Waals surface area (Å²) < 4.78 is 18.3. The maximum atomic E-state index is 13.2. The number of hydrogen-bond acceptors (Lipinski definition) is 3. The van der Waals surface area contributed by atoms with Crippen LogP contribution in [0.3, 0.4) is 0 Å². The Morgan fingerprint density at radius 3 is 2.50 bits per heavy atom. The highest BCUT2D eigenvalue weighted by molar-refractivity contribution is 5.89. The molecule has 0 aromatic heterocycles. The van der Waals surface area contributed by atoms with Gasteiger partial charge in [-0.1, -0.05) is 25.1 Å². The Bertz CT molecular complexity index is 365. The van der Waals surface area contributed by atoms with Gasteiger partial charge in [0.05, 0.1) is 18.3 Å². The Hall–Kier alpha value is -1.42. The summed E-state index contributed by atoms with van der Waals surface area (Å²) in [6.45, 7) is 3.35. The molecule has 4 heteroatoms. The number of hydrogen-bond donors (Lipinski definition) is 1. The molecule has 1 aromatic rings. The van der Waals surface area contributed by atoms with Gasteiger partial charge in [0, 0.05) is 0 Å². The van der Waals surface area contributed by atoms with Gasteiger partial charge >= 0.3 is 5.97 Å². The van der Waals surface area contributed by atoms with Gasteiger partial charge in [-0.3, -0.25) is 0 Å². The summed E-state index contributed by atoms with van der Waals surface area (Å²) in [5.74, 6) is -0.530. The Labute approximate surface area is 107 Å². The molecule has 0 radical (unpaired) electrons. The number of carbonyl (C=O) groups is 1. The van der Waals surface area contributed by atoms with Crippen LogP contribution in [0.15, 0.2) is 30.3 Å². The van der Waals surface area contributed by atoms with Gasteiger partial charge in [0.1, 0.15) is 6.17 Å². The number of carbonyl (C=O) groups excluding carboxylic acids is 1. The fourth-order valence-electron chi connectivity index (χ4n) is 1.52. The standard InChI is InChI=1S/C14H19FO3/c1-10(8-13(15)11(2)16)9-18-14(17)12-6-4-3-5-7-12/h3-7,10-11,13,16H,8-9H2,1-2H3/t10-,11-,13-/m1/s1. The average Bonchev–Trinajstić information content (AvgIpc) is 2.36. The predicted octanol–water partition coefficient (Wildman–Crippen LogP) is 2.59. The van der Waals surface area contributed by atoms with Gasteiger partial charge in [-0.15, -0.1) is 0 Å². The molecule has 3 atom stereocenters. The van der Waals surface area contributed by atoms with Crippen LogP contribution in [0.5, 0.6) is 0 Å². The fourth-order valence-corrected chi connectivity index (χ4v) is 1.52. The summed E-state index contributed by atoms with van der Waals surface area (Å²) in [4.78, 5) is 11.6. The minimum Gasteiger partial charge on any atom is -0.462 e. The fraction of sp³-hybridized carbons (Fsp3) is 0.500. The van der Waals surface area contributed by atoms with E-state index in [-0.39, 0.29) is 18.9 Å². The summed E-state index contributed by atoms with van der Waals surface area (Å²) in [6, 6.07) is 8.66. The number of alkyl halides is 1. The lowest BCUT2D eigenvalue weighted by Crippen LogP contribution is -2.23. The zero-order valence-electron chi connectivity index (χ0n) is 10.7. The molecule has 0 amide bonds. The van der Waals surface area contributed by atoms with E-state index < -0.39 is 18.2 Å². The van der Waals surface area contributed by atoms with E-state index in [1.54, 1.807) is 31.2 Å². The average molecular weight is 254 g/mol. The monoisotopic (exact) mass is 254 g/mol. The first-order valence-corrected chi connectivity index (χ1v) is 6.05. The van der Waals surface area contributed by atoms with Gasteiger partial charge in [0.2, 0.25) is 0 Å². The maximum absolute atomic E-state index is 13.2. The third-order valence-electron chi connectivity index (χ3n) is 2.66. The predicted molar refractivity (Wildman–Crippen MR) is 67.1 cm³/mol. The van der Waals surface area contributed by atoms with E-state index in [0.29, 0.717) is 5.56 Å². The molecule has 0 aliphatic carbocycles. The summed E-state index contributed by atoms with van der Waals surface area (Å²) >= 11 is 0. The number of benzene rings is 1. The second kappa shape index (κ2) is 7.11. The molecule has 0 bridgehead atoms. The van der Waals surface area contributed by atoms with Crippen molar-refractivity contribution in [3.8, 4) is 0 Å². The first kappa shape index (κ1) is 14.6. The zero-order chi connectivity index (χ0) is 13.5. The largest absolute Gasteiger partial charge is 0.462 e. The van der Waals surface area contributed by atoms with Crippen LogP contribution < -0.4 is 0 Å². The summed E-state index contributed by atoms with van der Waals surface area (Å²) in [6.07, 6.45) is -2.09. The third kappa shape index (κ3) is 4.84. The SMILES string of the molecule is C[C@@H](COC(=O)c1ccccc1)C[C@@H](F)[C@@H](C)O. The lowest BCUT2D eigenvalue weighted by molar-refractivity contribution is 0.0359. The van der Waals surface area contributed by atoms with Crippen molar-refractivity contribution in [2.45, 2.75) is 32.5 Å². The first-order chi connectivity index (χ1) is 8.50. The van der Waals surface area contributed by atoms with Crippen LogP contribution in [0, 0.1) is 5.92 Å². The number of aliphatic hydroxyl groups is 1. The Morgan fingerprint density at radius 2 is 1.94 bits per heavy atom. The molecule has 0 spiro atoms. The molecular weight excluding hydrogens is 235 g/mol.